The Morgan fingerprint density at radius 1 is 1.19 bits per heavy atom. The van der Waals surface area contributed by atoms with E-state index in [2.05, 4.69) is 0 Å². The van der Waals surface area contributed by atoms with E-state index in [1.54, 1.807) is 0 Å². The summed E-state index contributed by atoms with van der Waals surface area (Å²) in [5.74, 6) is -1.77. The van der Waals surface area contributed by atoms with Crippen LogP contribution in [0.1, 0.15) is 29.2 Å². The third-order valence-electron chi connectivity index (χ3n) is 3.99. The number of nitriles is 1. The molecule has 0 fully saturated rings. The summed E-state index contributed by atoms with van der Waals surface area (Å²) in [6.07, 6.45) is -6.29. The fourth-order valence-electron chi connectivity index (χ4n) is 2.69. The van der Waals surface area contributed by atoms with E-state index in [1.807, 2.05) is 0 Å². The van der Waals surface area contributed by atoms with Crippen LogP contribution < -0.4 is 4.74 Å². The fraction of sp³-hybridized carbons (Fsp3) is 0.188. The van der Waals surface area contributed by atoms with Crippen LogP contribution in [0.4, 0.5) is 22.0 Å². The zero-order valence-electron chi connectivity index (χ0n) is 13.0. The number of halogens is 5. The van der Waals surface area contributed by atoms with E-state index >= 15 is 0 Å². The second-order valence-electron chi connectivity index (χ2n) is 5.56. The Kier molecular flexibility index (Phi) is 4.55. The van der Waals surface area contributed by atoms with Gasteiger partial charge in [0.05, 0.1) is 16.0 Å². The first kappa shape index (κ1) is 19.4. The molecule has 0 aromatic heterocycles. The number of aliphatic hydroxyl groups is 1. The predicted molar refractivity (Wildman–Crippen MR) is 83.6 cm³/mol. The SMILES string of the molecule is N#Cc1cc(Oc2ccc3c(c2C(F)F)[C@@H](O)C(F)(F)S3(O)O)ccc1F. The summed E-state index contributed by atoms with van der Waals surface area (Å²) in [5.41, 5.74) is -2.62. The molecule has 1 atom stereocenters. The number of nitrogens with zero attached hydrogens (tertiary/aromatic N) is 1. The number of aliphatic hydroxyl groups excluding tert-OH is 1. The minimum atomic E-state index is -4.86. The third kappa shape index (κ3) is 2.81. The van der Waals surface area contributed by atoms with Gasteiger partial charge in [0, 0.05) is 11.6 Å². The van der Waals surface area contributed by atoms with Crippen molar-refractivity contribution in [2.45, 2.75) is 22.7 Å². The molecule has 0 aliphatic carbocycles. The molecule has 3 N–H and O–H groups in total. The zero-order valence-corrected chi connectivity index (χ0v) is 13.9. The Balaban J connectivity index is 2.15. The monoisotopic (exact) mass is 407 g/mol. The smallest absolute Gasteiger partial charge is 0.371 e. The second-order valence-corrected chi connectivity index (χ2v) is 7.64. The summed E-state index contributed by atoms with van der Waals surface area (Å²) < 4.78 is 93.0. The summed E-state index contributed by atoms with van der Waals surface area (Å²) in [7, 11) is -4.86. The van der Waals surface area contributed by atoms with Crippen LogP contribution in [0.5, 0.6) is 11.5 Å². The highest BCUT2D eigenvalue weighted by Gasteiger charge is 2.61. The Bertz CT molecular complexity index is 961. The maximum Gasteiger partial charge on any atom is 0.371 e. The van der Waals surface area contributed by atoms with Crippen molar-refractivity contribution in [3.8, 4) is 17.6 Å². The van der Waals surface area contributed by atoms with Crippen LogP contribution in [-0.4, -0.2) is 19.5 Å². The number of alkyl halides is 4. The molecule has 0 radical (unpaired) electrons. The van der Waals surface area contributed by atoms with Gasteiger partial charge < -0.3 is 9.84 Å². The van der Waals surface area contributed by atoms with Crippen LogP contribution in [0.15, 0.2) is 35.2 Å². The molecule has 1 aliphatic rings. The van der Waals surface area contributed by atoms with E-state index in [0.29, 0.717) is 0 Å². The van der Waals surface area contributed by atoms with Crippen LogP contribution >= 0.6 is 10.6 Å². The summed E-state index contributed by atoms with van der Waals surface area (Å²) >= 11 is 0. The topological polar surface area (TPSA) is 93.7 Å². The molecule has 11 heteroatoms. The molecule has 3 rings (SSSR count). The first-order valence-electron chi connectivity index (χ1n) is 7.18. The van der Waals surface area contributed by atoms with E-state index < -0.39 is 61.5 Å². The van der Waals surface area contributed by atoms with Crippen molar-refractivity contribution in [3.63, 3.8) is 0 Å². The Hall–Kier alpha value is -2.39. The van der Waals surface area contributed by atoms with Gasteiger partial charge in [-0.1, -0.05) is 0 Å². The first-order chi connectivity index (χ1) is 12.5. The van der Waals surface area contributed by atoms with Gasteiger partial charge in [0.25, 0.3) is 6.43 Å². The normalized spacial score (nSPS) is 20.8. The molecule has 144 valence electrons. The molecule has 2 aromatic carbocycles. The Morgan fingerprint density at radius 3 is 2.44 bits per heavy atom. The highest BCUT2D eigenvalue weighted by molar-refractivity contribution is 8.25. The number of fused-ring (bicyclic) bond motifs is 1. The second kappa shape index (κ2) is 6.35. The van der Waals surface area contributed by atoms with Crippen LogP contribution in [0, 0.1) is 17.1 Å². The molecule has 0 unspecified atom stereocenters. The van der Waals surface area contributed by atoms with Crippen LogP contribution in [0.2, 0.25) is 0 Å². The molecule has 1 aliphatic heterocycles. The van der Waals surface area contributed by atoms with Crippen molar-refractivity contribution in [1.82, 2.24) is 0 Å². The van der Waals surface area contributed by atoms with Crippen LogP contribution in [0.25, 0.3) is 0 Å². The number of benzene rings is 2. The van der Waals surface area contributed by atoms with Crippen molar-refractivity contribution in [2.75, 3.05) is 0 Å². The lowest BCUT2D eigenvalue weighted by Crippen LogP contribution is -2.26. The zero-order chi connectivity index (χ0) is 20.1. The summed E-state index contributed by atoms with van der Waals surface area (Å²) in [6.45, 7) is 0. The highest BCUT2D eigenvalue weighted by Crippen LogP contribution is 2.73. The van der Waals surface area contributed by atoms with Crippen molar-refractivity contribution in [3.05, 3.63) is 52.8 Å². The van der Waals surface area contributed by atoms with Gasteiger partial charge in [-0.05, 0) is 24.3 Å². The summed E-state index contributed by atoms with van der Waals surface area (Å²) in [4.78, 5) is -0.903. The molecule has 2 aromatic rings. The maximum atomic E-state index is 14.0. The molecule has 0 amide bonds. The van der Waals surface area contributed by atoms with Crippen molar-refractivity contribution < 1.29 is 40.9 Å². The van der Waals surface area contributed by atoms with Gasteiger partial charge in [-0.15, -0.1) is 10.6 Å². The lowest BCUT2D eigenvalue weighted by Gasteiger charge is -2.34. The van der Waals surface area contributed by atoms with Crippen LogP contribution in [0.3, 0.4) is 0 Å². The minimum absolute atomic E-state index is 0.236. The predicted octanol–water partition coefficient (Wildman–Crippen LogP) is 5.18. The lowest BCUT2D eigenvalue weighted by atomic mass is 10.0. The van der Waals surface area contributed by atoms with E-state index in [-0.39, 0.29) is 5.75 Å². The lowest BCUT2D eigenvalue weighted by molar-refractivity contribution is -0.0448. The summed E-state index contributed by atoms with van der Waals surface area (Å²) in [5, 5.41) is 14.1. The molecule has 0 bridgehead atoms. The van der Waals surface area contributed by atoms with Gasteiger partial charge in [0.2, 0.25) is 0 Å². The van der Waals surface area contributed by atoms with E-state index in [4.69, 9.17) is 10.00 Å². The molecule has 5 nitrogen and oxygen atoms in total. The average molecular weight is 407 g/mol. The van der Waals surface area contributed by atoms with Gasteiger partial charge in [-0.2, -0.15) is 14.0 Å². The molecule has 0 spiro atoms. The maximum absolute atomic E-state index is 14.0. The molecular weight excluding hydrogens is 397 g/mol. The highest BCUT2D eigenvalue weighted by atomic mass is 32.3. The Labute approximate surface area is 150 Å². The molecular formula is C16H10F5NO4S. The number of hydrogen-bond acceptors (Lipinski definition) is 5. The van der Waals surface area contributed by atoms with Crippen LogP contribution in [-0.2, 0) is 0 Å². The standard InChI is InChI=1S/C16H10F5NO4S/c17-9-2-1-8(5-7(9)6-22)26-10-3-4-11-13(12(10)15(18)19)14(23)16(20,21)27(11,24)25/h1-5,14-15,23-25H/t14-/m1/s1. The molecule has 0 saturated carbocycles. The third-order valence-corrected chi connectivity index (χ3v) is 5.94. The number of ether oxygens (including phenoxy) is 1. The number of rotatable bonds is 3. The minimum Gasteiger partial charge on any atom is -0.457 e. The van der Waals surface area contributed by atoms with Gasteiger partial charge in [-0.25, -0.2) is 13.2 Å². The summed E-state index contributed by atoms with van der Waals surface area (Å²) in [6, 6.07) is 5.86. The van der Waals surface area contributed by atoms with E-state index in [9.17, 15) is 36.2 Å². The Morgan fingerprint density at radius 2 is 1.85 bits per heavy atom. The van der Waals surface area contributed by atoms with Gasteiger partial charge in [0.1, 0.15) is 23.4 Å². The van der Waals surface area contributed by atoms with Crippen molar-refractivity contribution in [2.24, 2.45) is 0 Å². The molecule has 27 heavy (non-hydrogen) atoms. The fourth-order valence-corrected chi connectivity index (χ4v) is 4.20. The van der Waals surface area contributed by atoms with E-state index in [0.717, 1.165) is 30.3 Å². The molecule has 1 heterocycles. The molecule has 0 saturated heterocycles. The average Bonchev–Trinajstić information content (AvgIpc) is 2.73. The largest absolute Gasteiger partial charge is 0.457 e. The van der Waals surface area contributed by atoms with Crippen molar-refractivity contribution in [1.29, 1.82) is 5.26 Å². The van der Waals surface area contributed by atoms with Gasteiger partial charge in [-0.3, -0.25) is 9.11 Å². The van der Waals surface area contributed by atoms with Gasteiger partial charge >= 0.3 is 5.25 Å². The quantitative estimate of drug-likeness (QED) is 0.610. The van der Waals surface area contributed by atoms with Gasteiger partial charge in [0.15, 0.2) is 6.10 Å². The number of hydrogen-bond donors (Lipinski definition) is 3. The first-order valence-corrected chi connectivity index (χ1v) is 8.73. The van der Waals surface area contributed by atoms with Crippen molar-refractivity contribution >= 4 is 10.6 Å². The van der Waals surface area contributed by atoms with E-state index in [1.165, 1.54) is 6.07 Å².